The molecule has 0 saturated carbocycles. The standard InChI is InChI=1S/C14H13BrClNS/c15-11-2-5-12(6-3-11)18-13-4-1-10(7-8-17)14(16)9-13/h1-6,9H,7-8,17H2. The summed E-state index contributed by atoms with van der Waals surface area (Å²) in [6.45, 7) is 0.624. The Morgan fingerprint density at radius 2 is 1.72 bits per heavy atom. The van der Waals surface area contributed by atoms with Crippen molar-refractivity contribution in [2.45, 2.75) is 16.2 Å². The van der Waals surface area contributed by atoms with Crippen molar-refractivity contribution >= 4 is 39.3 Å². The van der Waals surface area contributed by atoms with Gasteiger partial charge in [-0.3, -0.25) is 0 Å². The summed E-state index contributed by atoms with van der Waals surface area (Å²) in [5, 5.41) is 0.794. The van der Waals surface area contributed by atoms with Gasteiger partial charge in [0.2, 0.25) is 0 Å². The average Bonchev–Trinajstić information content (AvgIpc) is 2.36. The molecule has 18 heavy (non-hydrogen) atoms. The van der Waals surface area contributed by atoms with Crippen LogP contribution in [0.4, 0.5) is 0 Å². The molecule has 4 heteroatoms. The van der Waals surface area contributed by atoms with E-state index < -0.39 is 0 Å². The lowest BCUT2D eigenvalue weighted by Crippen LogP contribution is -2.02. The van der Waals surface area contributed by atoms with Crippen LogP contribution in [0.1, 0.15) is 5.56 Å². The number of benzene rings is 2. The van der Waals surface area contributed by atoms with E-state index in [4.69, 9.17) is 17.3 Å². The topological polar surface area (TPSA) is 26.0 Å². The average molecular weight is 343 g/mol. The summed E-state index contributed by atoms with van der Waals surface area (Å²) in [5.41, 5.74) is 6.65. The van der Waals surface area contributed by atoms with Gasteiger partial charge in [0.05, 0.1) is 0 Å². The van der Waals surface area contributed by atoms with E-state index in [1.165, 1.54) is 4.90 Å². The normalized spacial score (nSPS) is 10.6. The highest BCUT2D eigenvalue weighted by Crippen LogP contribution is 2.31. The van der Waals surface area contributed by atoms with Crippen LogP contribution in [0, 0.1) is 0 Å². The van der Waals surface area contributed by atoms with E-state index in [2.05, 4.69) is 40.2 Å². The summed E-state index contributed by atoms with van der Waals surface area (Å²) in [5.74, 6) is 0. The number of hydrogen-bond acceptors (Lipinski definition) is 2. The summed E-state index contributed by atoms with van der Waals surface area (Å²) < 4.78 is 1.09. The van der Waals surface area contributed by atoms with Crippen molar-refractivity contribution in [3.05, 3.63) is 57.5 Å². The summed E-state index contributed by atoms with van der Waals surface area (Å²) in [6, 6.07) is 14.4. The van der Waals surface area contributed by atoms with Crippen LogP contribution in [-0.4, -0.2) is 6.54 Å². The zero-order chi connectivity index (χ0) is 13.0. The molecule has 2 rings (SSSR count). The van der Waals surface area contributed by atoms with Crippen LogP contribution >= 0.6 is 39.3 Å². The van der Waals surface area contributed by atoms with Crippen LogP contribution in [0.3, 0.4) is 0 Å². The first kappa shape index (κ1) is 13.9. The van der Waals surface area contributed by atoms with Gasteiger partial charge >= 0.3 is 0 Å². The summed E-state index contributed by atoms with van der Waals surface area (Å²) in [6.07, 6.45) is 0.821. The Balaban J connectivity index is 2.14. The molecule has 0 heterocycles. The molecule has 2 aromatic rings. The Labute approximate surface area is 125 Å². The van der Waals surface area contributed by atoms with Crippen LogP contribution in [0.5, 0.6) is 0 Å². The molecule has 0 aromatic heterocycles. The van der Waals surface area contributed by atoms with Crippen LogP contribution in [-0.2, 0) is 6.42 Å². The van der Waals surface area contributed by atoms with Gasteiger partial charge in [0.25, 0.3) is 0 Å². The van der Waals surface area contributed by atoms with Crippen LogP contribution in [0.2, 0.25) is 5.02 Å². The number of rotatable bonds is 4. The molecule has 0 spiro atoms. The Kier molecular flexibility index (Phi) is 5.13. The zero-order valence-electron chi connectivity index (χ0n) is 9.70. The Hall–Kier alpha value is -0.480. The molecule has 0 aliphatic heterocycles. The van der Waals surface area contributed by atoms with Crippen LogP contribution in [0.15, 0.2) is 56.7 Å². The second kappa shape index (κ2) is 6.62. The van der Waals surface area contributed by atoms with Crippen molar-refractivity contribution < 1.29 is 0 Å². The molecule has 1 nitrogen and oxygen atoms in total. The van der Waals surface area contributed by atoms with Gasteiger partial charge in [-0.25, -0.2) is 0 Å². The molecule has 0 unspecified atom stereocenters. The molecular formula is C14H13BrClNS. The maximum atomic E-state index is 6.22. The third-order valence-corrected chi connectivity index (χ3v) is 4.37. The Morgan fingerprint density at radius 3 is 2.33 bits per heavy atom. The number of hydrogen-bond donors (Lipinski definition) is 1. The van der Waals surface area contributed by atoms with Gasteiger partial charge in [-0.15, -0.1) is 0 Å². The highest BCUT2D eigenvalue weighted by molar-refractivity contribution is 9.10. The van der Waals surface area contributed by atoms with Crippen molar-refractivity contribution in [1.82, 2.24) is 0 Å². The molecule has 0 amide bonds. The van der Waals surface area contributed by atoms with E-state index in [9.17, 15) is 0 Å². The van der Waals surface area contributed by atoms with Gasteiger partial charge in [-0.05, 0) is 54.9 Å². The molecule has 2 aromatic carbocycles. The van der Waals surface area contributed by atoms with Crippen molar-refractivity contribution in [2.24, 2.45) is 5.73 Å². The molecule has 0 bridgehead atoms. The first-order valence-corrected chi connectivity index (χ1v) is 7.59. The van der Waals surface area contributed by atoms with E-state index in [1.54, 1.807) is 11.8 Å². The van der Waals surface area contributed by atoms with Gasteiger partial charge in [0, 0.05) is 19.3 Å². The SMILES string of the molecule is NCCc1ccc(Sc2ccc(Br)cc2)cc1Cl. The molecule has 0 atom stereocenters. The maximum Gasteiger partial charge on any atom is 0.0449 e. The van der Waals surface area contributed by atoms with Crippen molar-refractivity contribution in [3.8, 4) is 0 Å². The molecule has 0 aliphatic rings. The molecule has 2 N–H and O–H groups in total. The lowest BCUT2D eigenvalue weighted by atomic mass is 10.1. The van der Waals surface area contributed by atoms with Gasteiger partial charge in [-0.1, -0.05) is 45.4 Å². The van der Waals surface area contributed by atoms with Crippen molar-refractivity contribution in [1.29, 1.82) is 0 Å². The fourth-order valence-corrected chi connectivity index (χ4v) is 3.05. The first-order chi connectivity index (χ1) is 8.69. The molecular weight excluding hydrogens is 330 g/mol. The van der Waals surface area contributed by atoms with Crippen molar-refractivity contribution in [2.75, 3.05) is 6.54 Å². The van der Waals surface area contributed by atoms with Crippen LogP contribution in [0.25, 0.3) is 0 Å². The first-order valence-electron chi connectivity index (χ1n) is 5.61. The second-order valence-electron chi connectivity index (χ2n) is 3.85. The Bertz CT molecular complexity index is 528. The fourth-order valence-electron chi connectivity index (χ4n) is 1.59. The van der Waals surface area contributed by atoms with Gasteiger partial charge in [-0.2, -0.15) is 0 Å². The monoisotopic (exact) mass is 341 g/mol. The second-order valence-corrected chi connectivity index (χ2v) is 6.32. The maximum absolute atomic E-state index is 6.22. The highest BCUT2D eigenvalue weighted by atomic mass is 79.9. The molecule has 0 saturated heterocycles. The minimum Gasteiger partial charge on any atom is -0.330 e. The van der Waals surface area contributed by atoms with E-state index >= 15 is 0 Å². The fraction of sp³-hybridized carbons (Fsp3) is 0.143. The lowest BCUT2D eigenvalue weighted by molar-refractivity contribution is 0.967. The number of nitrogens with two attached hydrogens (primary N) is 1. The Morgan fingerprint density at radius 1 is 1.06 bits per heavy atom. The van der Waals surface area contributed by atoms with Gasteiger partial charge in [0.15, 0.2) is 0 Å². The van der Waals surface area contributed by atoms with Gasteiger partial charge in [0.1, 0.15) is 0 Å². The lowest BCUT2D eigenvalue weighted by Gasteiger charge is -2.06. The molecule has 0 radical (unpaired) electrons. The number of halogens is 2. The predicted octanol–water partition coefficient (Wildman–Crippen LogP) is 4.75. The predicted molar refractivity (Wildman–Crippen MR) is 82.5 cm³/mol. The van der Waals surface area contributed by atoms with E-state index in [0.717, 1.165) is 26.4 Å². The quantitative estimate of drug-likeness (QED) is 0.867. The summed E-state index contributed by atoms with van der Waals surface area (Å²) in [4.78, 5) is 2.34. The van der Waals surface area contributed by atoms with E-state index in [-0.39, 0.29) is 0 Å². The minimum absolute atomic E-state index is 0.624. The zero-order valence-corrected chi connectivity index (χ0v) is 12.9. The molecule has 94 valence electrons. The smallest absolute Gasteiger partial charge is 0.0449 e. The summed E-state index contributed by atoms with van der Waals surface area (Å²) in [7, 11) is 0. The van der Waals surface area contributed by atoms with Crippen molar-refractivity contribution in [3.63, 3.8) is 0 Å². The third-order valence-electron chi connectivity index (χ3n) is 2.49. The molecule has 0 aliphatic carbocycles. The van der Waals surface area contributed by atoms with E-state index in [0.29, 0.717) is 6.54 Å². The van der Waals surface area contributed by atoms with E-state index in [1.807, 2.05) is 18.2 Å². The summed E-state index contributed by atoms with van der Waals surface area (Å²) >= 11 is 11.4. The highest BCUT2D eigenvalue weighted by Gasteiger charge is 2.03. The van der Waals surface area contributed by atoms with Gasteiger partial charge < -0.3 is 5.73 Å². The minimum atomic E-state index is 0.624. The largest absolute Gasteiger partial charge is 0.330 e. The third kappa shape index (κ3) is 3.75. The van der Waals surface area contributed by atoms with Crippen LogP contribution < -0.4 is 5.73 Å². The molecule has 0 fully saturated rings.